The lowest BCUT2D eigenvalue weighted by molar-refractivity contribution is -0.142. The van der Waals surface area contributed by atoms with Gasteiger partial charge in [0.25, 0.3) is 11.8 Å². The highest BCUT2D eigenvalue weighted by Gasteiger charge is 2.20. The highest BCUT2D eigenvalue weighted by atomic mass is 16.4. The predicted molar refractivity (Wildman–Crippen MR) is 108 cm³/mol. The highest BCUT2D eigenvalue weighted by Crippen LogP contribution is 2.18. The zero-order valence-corrected chi connectivity index (χ0v) is 16.4. The van der Waals surface area contributed by atoms with Crippen LogP contribution in [0.25, 0.3) is 0 Å². The van der Waals surface area contributed by atoms with Crippen molar-refractivity contribution in [2.75, 3.05) is 11.9 Å². The maximum Gasteiger partial charge on any atom is 0.308 e. The Morgan fingerprint density at radius 3 is 2.25 bits per heavy atom. The summed E-state index contributed by atoms with van der Waals surface area (Å²) in [6.45, 7) is 5.79. The third-order valence-electron chi connectivity index (χ3n) is 4.40. The first-order valence-electron chi connectivity index (χ1n) is 9.26. The molecule has 2 rings (SSSR count). The number of aliphatic carboxylic acids is 1. The summed E-state index contributed by atoms with van der Waals surface area (Å²) in [6, 6.07) is 13.8. The van der Waals surface area contributed by atoms with Crippen LogP contribution in [0.4, 0.5) is 5.69 Å². The van der Waals surface area contributed by atoms with Crippen LogP contribution in [0.2, 0.25) is 0 Å². The van der Waals surface area contributed by atoms with Crippen molar-refractivity contribution in [3.05, 3.63) is 65.2 Å². The second-order valence-corrected chi connectivity index (χ2v) is 7.22. The van der Waals surface area contributed by atoms with Gasteiger partial charge in [-0.25, -0.2) is 0 Å². The number of hydrogen-bond acceptors (Lipinski definition) is 3. The van der Waals surface area contributed by atoms with E-state index in [9.17, 15) is 19.5 Å². The van der Waals surface area contributed by atoms with Gasteiger partial charge in [0.05, 0.1) is 5.92 Å². The molecule has 0 aromatic heterocycles. The minimum Gasteiger partial charge on any atom is -0.481 e. The van der Waals surface area contributed by atoms with Crippen LogP contribution in [0, 0.1) is 18.8 Å². The number of rotatable bonds is 8. The number of carbonyl (C=O) groups is 3. The first kappa shape index (κ1) is 21.2. The van der Waals surface area contributed by atoms with Gasteiger partial charge in [0.1, 0.15) is 0 Å². The van der Waals surface area contributed by atoms with E-state index in [1.54, 1.807) is 42.5 Å². The first-order valence-corrected chi connectivity index (χ1v) is 9.26. The summed E-state index contributed by atoms with van der Waals surface area (Å²) in [5.41, 5.74) is 2.25. The van der Waals surface area contributed by atoms with Crippen molar-refractivity contribution in [3.8, 4) is 0 Å². The molecule has 28 heavy (non-hydrogen) atoms. The molecular weight excluding hydrogens is 356 g/mol. The van der Waals surface area contributed by atoms with Gasteiger partial charge in [-0.05, 0) is 49.1 Å². The van der Waals surface area contributed by atoms with Gasteiger partial charge in [-0.1, -0.05) is 38.1 Å². The third kappa shape index (κ3) is 5.94. The van der Waals surface area contributed by atoms with Crippen LogP contribution in [-0.2, 0) is 4.79 Å². The number of hydrogen-bond donors (Lipinski definition) is 3. The topological polar surface area (TPSA) is 95.5 Å². The zero-order chi connectivity index (χ0) is 20.7. The SMILES string of the molecule is Cc1ccc(C(=O)NCC(CC(C)C)C(=O)O)cc1NC(=O)c1ccccc1. The Balaban J connectivity index is 2.08. The van der Waals surface area contributed by atoms with Gasteiger partial charge in [0.15, 0.2) is 0 Å². The summed E-state index contributed by atoms with van der Waals surface area (Å²) in [5, 5.41) is 14.8. The first-order chi connectivity index (χ1) is 13.3. The fraction of sp³-hybridized carbons (Fsp3) is 0.318. The molecule has 1 unspecified atom stereocenters. The summed E-state index contributed by atoms with van der Waals surface area (Å²) >= 11 is 0. The van der Waals surface area contributed by atoms with Gasteiger partial charge < -0.3 is 15.7 Å². The van der Waals surface area contributed by atoms with Crippen molar-refractivity contribution in [1.29, 1.82) is 0 Å². The molecule has 2 aromatic rings. The molecule has 0 aliphatic rings. The molecule has 0 spiro atoms. The molecule has 0 saturated heterocycles. The summed E-state index contributed by atoms with van der Waals surface area (Å²) in [6.07, 6.45) is 0.488. The number of nitrogens with one attached hydrogen (secondary N) is 2. The Morgan fingerprint density at radius 2 is 1.64 bits per heavy atom. The van der Waals surface area contributed by atoms with E-state index in [0.717, 1.165) is 5.56 Å². The summed E-state index contributed by atoms with van der Waals surface area (Å²) < 4.78 is 0. The molecule has 0 fully saturated rings. The minimum absolute atomic E-state index is 0.0614. The smallest absolute Gasteiger partial charge is 0.308 e. The number of benzene rings is 2. The van der Waals surface area contributed by atoms with Crippen LogP contribution in [0.1, 0.15) is 46.5 Å². The van der Waals surface area contributed by atoms with Crippen molar-refractivity contribution in [2.24, 2.45) is 11.8 Å². The lowest BCUT2D eigenvalue weighted by Gasteiger charge is -2.16. The van der Waals surface area contributed by atoms with Crippen LogP contribution in [0.3, 0.4) is 0 Å². The van der Waals surface area contributed by atoms with Crippen LogP contribution in [0.15, 0.2) is 48.5 Å². The molecule has 0 radical (unpaired) electrons. The van der Waals surface area contributed by atoms with Gasteiger partial charge in [-0.2, -0.15) is 0 Å². The Morgan fingerprint density at radius 1 is 0.964 bits per heavy atom. The Bertz CT molecular complexity index is 847. The standard InChI is InChI=1S/C22H26N2O4/c1-14(2)11-18(22(27)28)13-23-20(25)17-10-9-15(3)19(12-17)24-21(26)16-7-5-4-6-8-16/h4-10,12,14,18H,11,13H2,1-3H3,(H,23,25)(H,24,26)(H,27,28). The van der Waals surface area contributed by atoms with E-state index in [1.165, 1.54) is 0 Å². The van der Waals surface area contributed by atoms with E-state index in [2.05, 4.69) is 10.6 Å². The van der Waals surface area contributed by atoms with Gasteiger partial charge in [-0.15, -0.1) is 0 Å². The number of carboxylic acids is 1. The molecule has 3 N–H and O–H groups in total. The van der Waals surface area contributed by atoms with E-state index >= 15 is 0 Å². The Kier molecular flexibility index (Phi) is 7.32. The molecule has 0 bridgehead atoms. The Hall–Kier alpha value is -3.15. The Labute approximate surface area is 165 Å². The summed E-state index contributed by atoms with van der Waals surface area (Å²) in [5.74, 6) is -1.97. The maximum atomic E-state index is 12.5. The van der Waals surface area contributed by atoms with Gasteiger partial charge in [0, 0.05) is 23.4 Å². The second-order valence-electron chi connectivity index (χ2n) is 7.22. The molecule has 0 saturated carbocycles. The number of amides is 2. The molecule has 0 heterocycles. The fourth-order valence-electron chi connectivity index (χ4n) is 2.84. The predicted octanol–water partition coefficient (Wildman–Crippen LogP) is 3.72. The average molecular weight is 382 g/mol. The molecule has 6 nitrogen and oxygen atoms in total. The lowest BCUT2D eigenvalue weighted by atomic mass is 9.97. The van der Waals surface area contributed by atoms with Gasteiger partial charge in [-0.3, -0.25) is 14.4 Å². The van der Waals surface area contributed by atoms with Crippen molar-refractivity contribution in [3.63, 3.8) is 0 Å². The number of aryl methyl sites for hydroxylation is 1. The lowest BCUT2D eigenvalue weighted by Crippen LogP contribution is -2.33. The normalized spacial score (nSPS) is 11.7. The fourth-order valence-corrected chi connectivity index (χ4v) is 2.84. The van der Waals surface area contributed by atoms with E-state index in [4.69, 9.17) is 0 Å². The molecule has 2 amide bonds. The monoisotopic (exact) mass is 382 g/mol. The third-order valence-corrected chi connectivity index (χ3v) is 4.40. The molecule has 148 valence electrons. The van der Waals surface area contributed by atoms with Crippen molar-refractivity contribution < 1.29 is 19.5 Å². The highest BCUT2D eigenvalue weighted by molar-refractivity contribution is 6.05. The second kappa shape index (κ2) is 9.69. The quantitative estimate of drug-likeness (QED) is 0.648. The van der Waals surface area contributed by atoms with Crippen molar-refractivity contribution >= 4 is 23.5 Å². The molecule has 6 heteroatoms. The average Bonchev–Trinajstić information content (AvgIpc) is 2.66. The largest absolute Gasteiger partial charge is 0.481 e. The van der Waals surface area contributed by atoms with Gasteiger partial charge in [0.2, 0.25) is 0 Å². The van der Waals surface area contributed by atoms with E-state index in [-0.39, 0.29) is 24.3 Å². The van der Waals surface area contributed by atoms with E-state index in [1.807, 2.05) is 26.8 Å². The molecule has 2 aromatic carbocycles. The van der Waals surface area contributed by atoms with Crippen molar-refractivity contribution in [1.82, 2.24) is 5.32 Å². The van der Waals surface area contributed by atoms with Crippen LogP contribution < -0.4 is 10.6 Å². The van der Waals surface area contributed by atoms with Crippen LogP contribution in [0.5, 0.6) is 0 Å². The molecular formula is C22H26N2O4. The van der Waals surface area contributed by atoms with Crippen LogP contribution >= 0.6 is 0 Å². The number of carbonyl (C=O) groups excluding carboxylic acids is 2. The van der Waals surface area contributed by atoms with Crippen LogP contribution in [-0.4, -0.2) is 29.4 Å². The maximum absolute atomic E-state index is 12.5. The summed E-state index contributed by atoms with van der Waals surface area (Å²) in [7, 11) is 0. The molecule has 0 aliphatic carbocycles. The van der Waals surface area contributed by atoms with E-state index in [0.29, 0.717) is 23.2 Å². The minimum atomic E-state index is -0.922. The summed E-state index contributed by atoms with van der Waals surface area (Å²) in [4.78, 5) is 36.2. The molecule has 1 atom stereocenters. The van der Waals surface area contributed by atoms with E-state index < -0.39 is 11.9 Å². The number of carboxylic acid groups (broad SMARTS) is 1. The zero-order valence-electron chi connectivity index (χ0n) is 16.4. The molecule has 0 aliphatic heterocycles. The number of anilines is 1. The van der Waals surface area contributed by atoms with Gasteiger partial charge >= 0.3 is 5.97 Å². The van der Waals surface area contributed by atoms with Crippen molar-refractivity contribution in [2.45, 2.75) is 27.2 Å².